The minimum atomic E-state index is -1.27. The Balaban J connectivity index is 1.95. The molecule has 6 atom stereocenters. The molecule has 0 bridgehead atoms. The molecule has 2 saturated heterocycles. The highest BCUT2D eigenvalue weighted by molar-refractivity contribution is 5.74. The lowest BCUT2D eigenvalue weighted by Crippen LogP contribution is -2.51. The van der Waals surface area contributed by atoms with Crippen LogP contribution in [0.3, 0.4) is 0 Å². The van der Waals surface area contributed by atoms with E-state index in [9.17, 15) is 15.0 Å². The molecule has 3 aliphatic rings. The standard InChI is InChI=1S/C11H14O6/c1-15-8(12)6-5-2-3-11(14)4-16-10(7(5)11)17-9(6)13/h2-3,5-7,9-10,13-14H,4H2,1H3/t5-,6-,7-,9+,10+,11-/m0/s1. The van der Waals surface area contributed by atoms with Crippen molar-refractivity contribution in [2.45, 2.75) is 18.2 Å². The maximum Gasteiger partial charge on any atom is 0.314 e. The van der Waals surface area contributed by atoms with Crippen LogP contribution in [-0.4, -0.2) is 48.1 Å². The number of ether oxygens (including phenoxy) is 3. The molecule has 0 amide bonds. The van der Waals surface area contributed by atoms with Gasteiger partial charge in [0.1, 0.15) is 11.5 Å². The van der Waals surface area contributed by atoms with Gasteiger partial charge in [-0.05, 0) is 0 Å². The Morgan fingerprint density at radius 3 is 3.06 bits per heavy atom. The molecule has 2 N–H and O–H groups in total. The molecule has 0 saturated carbocycles. The van der Waals surface area contributed by atoms with Gasteiger partial charge >= 0.3 is 5.97 Å². The summed E-state index contributed by atoms with van der Waals surface area (Å²) in [5, 5.41) is 20.1. The number of carbonyl (C=O) groups is 1. The van der Waals surface area contributed by atoms with Crippen molar-refractivity contribution in [1.29, 1.82) is 0 Å². The molecule has 6 heteroatoms. The normalized spacial score (nSPS) is 51.4. The van der Waals surface area contributed by atoms with Crippen molar-refractivity contribution in [1.82, 2.24) is 0 Å². The highest BCUT2D eigenvalue weighted by atomic mass is 16.7. The van der Waals surface area contributed by atoms with E-state index in [0.717, 1.165) is 0 Å². The fraction of sp³-hybridized carbons (Fsp3) is 0.727. The number of aliphatic hydroxyl groups excluding tert-OH is 1. The van der Waals surface area contributed by atoms with Gasteiger partial charge in [-0.25, -0.2) is 0 Å². The van der Waals surface area contributed by atoms with Crippen molar-refractivity contribution < 1.29 is 29.2 Å². The van der Waals surface area contributed by atoms with Gasteiger partial charge in [-0.15, -0.1) is 0 Å². The minimum Gasteiger partial charge on any atom is -0.469 e. The van der Waals surface area contributed by atoms with Crippen molar-refractivity contribution in [3.05, 3.63) is 12.2 Å². The van der Waals surface area contributed by atoms with Gasteiger partial charge in [0.2, 0.25) is 0 Å². The zero-order chi connectivity index (χ0) is 12.2. The maximum absolute atomic E-state index is 11.6. The molecule has 0 aromatic rings. The molecule has 2 aliphatic heterocycles. The first-order chi connectivity index (χ1) is 8.07. The monoisotopic (exact) mass is 242 g/mol. The van der Waals surface area contributed by atoms with Crippen LogP contribution in [0, 0.1) is 17.8 Å². The van der Waals surface area contributed by atoms with E-state index in [0.29, 0.717) is 0 Å². The predicted octanol–water partition coefficient (Wildman–Crippen LogP) is -0.986. The first-order valence-electron chi connectivity index (χ1n) is 5.51. The lowest BCUT2D eigenvalue weighted by Gasteiger charge is -2.39. The fourth-order valence-corrected chi connectivity index (χ4v) is 3.01. The molecule has 0 radical (unpaired) electrons. The van der Waals surface area contributed by atoms with Crippen molar-refractivity contribution in [2.24, 2.45) is 17.8 Å². The van der Waals surface area contributed by atoms with E-state index >= 15 is 0 Å². The number of carbonyl (C=O) groups excluding carboxylic acids is 1. The molecule has 1 aliphatic carbocycles. The van der Waals surface area contributed by atoms with E-state index in [1.165, 1.54) is 7.11 Å². The molecular weight excluding hydrogens is 228 g/mol. The second kappa shape index (κ2) is 3.52. The zero-order valence-electron chi connectivity index (χ0n) is 9.28. The largest absolute Gasteiger partial charge is 0.469 e. The highest BCUT2D eigenvalue weighted by Crippen LogP contribution is 2.50. The molecule has 0 aromatic heterocycles. The Morgan fingerprint density at radius 2 is 2.35 bits per heavy atom. The van der Waals surface area contributed by atoms with Crippen molar-refractivity contribution in [3.8, 4) is 0 Å². The molecule has 0 unspecified atom stereocenters. The third kappa shape index (κ3) is 1.38. The average molecular weight is 242 g/mol. The Hall–Kier alpha value is -0.950. The van der Waals surface area contributed by atoms with Gasteiger partial charge in [-0.2, -0.15) is 0 Å². The van der Waals surface area contributed by atoms with Crippen LogP contribution < -0.4 is 0 Å². The van der Waals surface area contributed by atoms with Crippen LogP contribution in [0.1, 0.15) is 0 Å². The Bertz CT molecular complexity index is 380. The molecule has 3 rings (SSSR count). The lowest BCUT2D eigenvalue weighted by molar-refractivity contribution is -0.280. The minimum absolute atomic E-state index is 0.121. The van der Waals surface area contributed by atoms with Crippen LogP contribution in [0.5, 0.6) is 0 Å². The molecule has 0 aromatic carbocycles. The Labute approximate surface area is 97.8 Å². The van der Waals surface area contributed by atoms with Crippen molar-refractivity contribution in [2.75, 3.05) is 13.7 Å². The van der Waals surface area contributed by atoms with Crippen LogP contribution in [0.15, 0.2) is 12.2 Å². The number of hydrogen-bond acceptors (Lipinski definition) is 6. The SMILES string of the molecule is COC(=O)[C@@H]1[C@@H]2C=C[C@]3(O)CO[C@H](O[C@H]1O)[C@H]23. The van der Waals surface area contributed by atoms with E-state index in [4.69, 9.17) is 9.47 Å². The summed E-state index contributed by atoms with van der Waals surface area (Å²) in [4.78, 5) is 11.6. The number of aliphatic hydroxyl groups is 2. The zero-order valence-corrected chi connectivity index (χ0v) is 9.28. The lowest BCUT2D eigenvalue weighted by atomic mass is 9.77. The van der Waals surface area contributed by atoms with Crippen LogP contribution in [0.2, 0.25) is 0 Å². The predicted molar refractivity (Wildman–Crippen MR) is 53.4 cm³/mol. The van der Waals surface area contributed by atoms with Crippen LogP contribution in [-0.2, 0) is 19.0 Å². The summed E-state index contributed by atoms with van der Waals surface area (Å²) in [5.74, 6) is -2.02. The van der Waals surface area contributed by atoms with Gasteiger partial charge in [0.15, 0.2) is 12.6 Å². The van der Waals surface area contributed by atoms with E-state index in [2.05, 4.69) is 4.74 Å². The van der Waals surface area contributed by atoms with E-state index in [1.54, 1.807) is 12.2 Å². The summed E-state index contributed by atoms with van der Waals surface area (Å²) in [6, 6.07) is 0. The number of esters is 1. The summed E-state index contributed by atoms with van der Waals surface area (Å²) >= 11 is 0. The molecule has 0 spiro atoms. The van der Waals surface area contributed by atoms with Crippen LogP contribution in [0.4, 0.5) is 0 Å². The number of hydrogen-bond donors (Lipinski definition) is 2. The molecule has 17 heavy (non-hydrogen) atoms. The summed E-state index contributed by atoms with van der Waals surface area (Å²) in [5.41, 5.74) is -1.10. The fourth-order valence-electron chi connectivity index (χ4n) is 3.01. The molecule has 6 nitrogen and oxygen atoms in total. The van der Waals surface area contributed by atoms with Gasteiger partial charge in [-0.1, -0.05) is 12.2 Å². The Kier molecular flexibility index (Phi) is 2.31. The quantitative estimate of drug-likeness (QED) is 0.454. The number of methoxy groups -OCH3 is 1. The summed E-state index contributed by atoms with van der Waals surface area (Å²) in [7, 11) is 1.26. The second-order valence-electron chi connectivity index (χ2n) is 4.71. The smallest absolute Gasteiger partial charge is 0.314 e. The number of rotatable bonds is 1. The first kappa shape index (κ1) is 11.2. The van der Waals surface area contributed by atoms with Gasteiger partial charge in [-0.3, -0.25) is 4.79 Å². The average Bonchev–Trinajstić information content (AvgIpc) is 2.80. The second-order valence-corrected chi connectivity index (χ2v) is 4.71. The molecule has 2 fully saturated rings. The van der Waals surface area contributed by atoms with Gasteiger partial charge < -0.3 is 24.4 Å². The van der Waals surface area contributed by atoms with Gasteiger partial charge in [0, 0.05) is 5.92 Å². The molecule has 94 valence electrons. The number of allylic oxidation sites excluding steroid dienone is 1. The molecule has 2 heterocycles. The molecular formula is C11H14O6. The third-order valence-corrected chi connectivity index (χ3v) is 3.84. The summed E-state index contributed by atoms with van der Waals surface area (Å²) in [6.45, 7) is 0.121. The summed E-state index contributed by atoms with van der Waals surface area (Å²) < 4.78 is 15.2. The third-order valence-electron chi connectivity index (χ3n) is 3.84. The van der Waals surface area contributed by atoms with Crippen LogP contribution in [0.25, 0.3) is 0 Å². The van der Waals surface area contributed by atoms with E-state index < -0.39 is 30.1 Å². The van der Waals surface area contributed by atoms with Crippen molar-refractivity contribution >= 4 is 5.97 Å². The first-order valence-corrected chi connectivity index (χ1v) is 5.51. The Morgan fingerprint density at radius 1 is 1.59 bits per heavy atom. The van der Waals surface area contributed by atoms with Gasteiger partial charge in [0.25, 0.3) is 0 Å². The van der Waals surface area contributed by atoms with Crippen molar-refractivity contribution in [3.63, 3.8) is 0 Å². The van der Waals surface area contributed by atoms with Crippen LogP contribution >= 0.6 is 0 Å². The topological polar surface area (TPSA) is 85.2 Å². The van der Waals surface area contributed by atoms with E-state index in [-0.39, 0.29) is 18.4 Å². The summed E-state index contributed by atoms with van der Waals surface area (Å²) in [6.07, 6.45) is 1.43. The maximum atomic E-state index is 11.6. The van der Waals surface area contributed by atoms with Gasteiger partial charge in [0.05, 0.1) is 19.6 Å². The highest BCUT2D eigenvalue weighted by Gasteiger charge is 2.61. The van der Waals surface area contributed by atoms with E-state index in [1.807, 2.05) is 0 Å².